The van der Waals surface area contributed by atoms with Gasteiger partial charge in [0, 0.05) is 19.5 Å². The van der Waals surface area contributed by atoms with Crippen LogP contribution in [-0.2, 0) is 9.53 Å². The number of ketones is 1. The molecule has 0 bridgehead atoms. The molecule has 0 N–H and O–H groups in total. The summed E-state index contributed by atoms with van der Waals surface area (Å²) in [5.41, 5.74) is -0.124. The van der Waals surface area contributed by atoms with Crippen molar-refractivity contribution in [3.05, 3.63) is 0 Å². The molecule has 0 radical (unpaired) electrons. The SMILES string of the molecule is CC(C)CCCC(=O)C1(N2CCOCC2)CCCC1. The lowest BCUT2D eigenvalue weighted by Gasteiger charge is -2.42. The Kier molecular flexibility index (Phi) is 5.40. The molecule has 3 nitrogen and oxygen atoms in total. The maximum Gasteiger partial charge on any atom is 0.153 e. The van der Waals surface area contributed by atoms with E-state index in [1.165, 1.54) is 19.3 Å². The molecular weight excluding hydrogens is 238 g/mol. The summed E-state index contributed by atoms with van der Waals surface area (Å²) >= 11 is 0. The summed E-state index contributed by atoms with van der Waals surface area (Å²) < 4.78 is 5.44. The summed E-state index contributed by atoms with van der Waals surface area (Å²) in [6.45, 7) is 7.93. The van der Waals surface area contributed by atoms with E-state index in [9.17, 15) is 4.79 Å². The first kappa shape index (κ1) is 15.0. The highest BCUT2D eigenvalue weighted by atomic mass is 16.5. The molecule has 19 heavy (non-hydrogen) atoms. The maximum atomic E-state index is 12.8. The lowest BCUT2D eigenvalue weighted by atomic mass is 9.86. The fourth-order valence-corrected chi connectivity index (χ4v) is 3.63. The van der Waals surface area contributed by atoms with E-state index in [-0.39, 0.29) is 5.54 Å². The molecule has 2 rings (SSSR count). The van der Waals surface area contributed by atoms with Crippen molar-refractivity contribution in [2.45, 2.75) is 64.3 Å². The quantitative estimate of drug-likeness (QED) is 0.741. The van der Waals surface area contributed by atoms with Crippen molar-refractivity contribution in [1.29, 1.82) is 0 Å². The Labute approximate surface area is 117 Å². The number of carbonyl (C=O) groups excluding carboxylic acids is 1. The molecule has 3 heteroatoms. The molecule has 2 aliphatic rings. The third-order valence-electron chi connectivity index (χ3n) is 4.75. The average molecular weight is 267 g/mol. The van der Waals surface area contributed by atoms with Gasteiger partial charge >= 0.3 is 0 Å². The molecule has 0 atom stereocenters. The largest absolute Gasteiger partial charge is 0.379 e. The van der Waals surface area contributed by atoms with E-state index < -0.39 is 0 Å². The number of nitrogens with zero attached hydrogens (tertiary/aromatic N) is 1. The summed E-state index contributed by atoms with van der Waals surface area (Å²) in [7, 11) is 0. The number of rotatable bonds is 6. The normalized spacial score (nSPS) is 23.9. The Morgan fingerprint density at radius 2 is 1.84 bits per heavy atom. The van der Waals surface area contributed by atoms with Crippen LogP contribution in [0.5, 0.6) is 0 Å². The second kappa shape index (κ2) is 6.85. The van der Waals surface area contributed by atoms with Gasteiger partial charge in [-0.05, 0) is 25.2 Å². The number of hydrogen-bond donors (Lipinski definition) is 0. The summed E-state index contributed by atoms with van der Waals surface area (Å²) in [6, 6.07) is 0. The first-order valence-corrected chi connectivity index (χ1v) is 8.01. The monoisotopic (exact) mass is 267 g/mol. The van der Waals surface area contributed by atoms with Crippen molar-refractivity contribution in [2.75, 3.05) is 26.3 Å². The van der Waals surface area contributed by atoms with Gasteiger partial charge in [0.1, 0.15) is 0 Å². The Morgan fingerprint density at radius 1 is 1.21 bits per heavy atom. The van der Waals surface area contributed by atoms with Crippen molar-refractivity contribution in [1.82, 2.24) is 4.90 Å². The molecule has 0 aromatic heterocycles. The van der Waals surface area contributed by atoms with Crippen LogP contribution in [0.1, 0.15) is 58.8 Å². The van der Waals surface area contributed by atoms with Crippen LogP contribution in [0.25, 0.3) is 0 Å². The first-order valence-electron chi connectivity index (χ1n) is 8.01. The van der Waals surface area contributed by atoms with Crippen LogP contribution < -0.4 is 0 Å². The van der Waals surface area contributed by atoms with Crippen LogP contribution >= 0.6 is 0 Å². The zero-order valence-corrected chi connectivity index (χ0v) is 12.6. The van der Waals surface area contributed by atoms with Gasteiger partial charge in [-0.3, -0.25) is 9.69 Å². The van der Waals surface area contributed by atoms with Crippen molar-refractivity contribution < 1.29 is 9.53 Å². The van der Waals surface area contributed by atoms with E-state index in [2.05, 4.69) is 18.7 Å². The lowest BCUT2D eigenvalue weighted by molar-refractivity contribution is -0.134. The number of Topliss-reactive ketones (excluding diaryl/α,β-unsaturated/α-hetero) is 1. The number of ether oxygens (including phenoxy) is 1. The standard InChI is InChI=1S/C16H29NO2/c1-14(2)6-5-7-15(18)16(8-3-4-9-16)17-10-12-19-13-11-17/h14H,3-13H2,1-2H3. The van der Waals surface area contributed by atoms with Crippen LogP contribution in [-0.4, -0.2) is 42.5 Å². The van der Waals surface area contributed by atoms with E-state index in [0.717, 1.165) is 52.0 Å². The van der Waals surface area contributed by atoms with Gasteiger partial charge in [-0.15, -0.1) is 0 Å². The number of hydrogen-bond acceptors (Lipinski definition) is 3. The van der Waals surface area contributed by atoms with Crippen molar-refractivity contribution >= 4 is 5.78 Å². The molecule has 1 saturated heterocycles. The predicted octanol–water partition coefficient (Wildman–Crippen LogP) is 3.03. The summed E-state index contributed by atoms with van der Waals surface area (Å²) in [4.78, 5) is 15.2. The molecule has 0 spiro atoms. The van der Waals surface area contributed by atoms with Crippen LogP contribution in [0.4, 0.5) is 0 Å². The van der Waals surface area contributed by atoms with Crippen molar-refractivity contribution in [3.63, 3.8) is 0 Å². The Balaban J connectivity index is 1.95. The third-order valence-corrected chi connectivity index (χ3v) is 4.75. The zero-order chi connectivity index (χ0) is 13.7. The molecule has 0 amide bonds. The van der Waals surface area contributed by atoms with Gasteiger partial charge in [-0.1, -0.05) is 33.1 Å². The highest BCUT2D eigenvalue weighted by molar-refractivity contribution is 5.88. The van der Waals surface area contributed by atoms with Crippen LogP contribution in [0, 0.1) is 5.92 Å². The molecular formula is C16H29NO2. The van der Waals surface area contributed by atoms with Gasteiger partial charge in [0.25, 0.3) is 0 Å². The number of morpholine rings is 1. The van der Waals surface area contributed by atoms with E-state index in [4.69, 9.17) is 4.74 Å². The molecule has 1 aliphatic carbocycles. The average Bonchev–Trinajstić information content (AvgIpc) is 2.90. The predicted molar refractivity (Wildman–Crippen MR) is 77.3 cm³/mol. The summed E-state index contributed by atoms with van der Waals surface area (Å²) in [6.07, 6.45) is 7.59. The highest BCUT2D eigenvalue weighted by Gasteiger charge is 2.45. The van der Waals surface area contributed by atoms with Gasteiger partial charge in [-0.2, -0.15) is 0 Å². The second-order valence-electron chi connectivity index (χ2n) is 6.55. The van der Waals surface area contributed by atoms with Crippen LogP contribution in [0.3, 0.4) is 0 Å². The van der Waals surface area contributed by atoms with E-state index in [1.54, 1.807) is 0 Å². The molecule has 2 fully saturated rings. The van der Waals surface area contributed by atoms with E-state index in [0.29, 0.717) is 11.7 Å². The van der Waals surface area contributed by atoms with Crippen LogP contribution in [0.2, 0.25) is 0 Å². The van der Waals surface area contributed by atoms with Gasteiger partial charge < -0.3 is 4.74 Å². The molecule has 1 heterocycles. The van der Waals surface area contributed by atoms with E-state index >= 15 is 0 Å². The molecule has 0 aromatic rings. The second-order valence-corrected chi connectivity index (χ2v) is 6.55. The van der Waals surface area contributed by atoms with Gasteiger partial charge in [-0.25, -0.2) is 0 Å². The Hall–Kier alpha value is -0.410. The maximum absolute atomic E-state index is 12.8. The summed E-state index contributed by atoms with van der Waals surface area (Å²) in [5, 5.41) is 0. The number of carbonyl (C=O) groups is 1. The smallest absolute Gasteiger partial charge is 0.153 e. The lowest BCUT2D eigenvalue weighted by Crippen LogP contribution is -2.56. The molecule has 1 saturated carbocycles. The minimum Gasteiger partial charge on any atom is -0.379 e. The Morgan fingerprint density at radius 3 is 2.42 bits per heavy atom. The van der Waals surface area contributed by atoms with Crippen molar-refractivity contribution in [3.8, 4) is 0 Å². The third kappa shape index (κ3) is 3.57. The molecule has 0 unspecified atom stereocenters. The van der Waals surface area contributed by atoms with Crippen molar-refractivity contribution in [2.24, 2.45) is 5.92 Å². The van der Waals surface area contributed by atoms with Gasteiger partial charge in [0.05, 0.1) is 18.8 Å². The van der Waals surface area contributed by atoms with E-state index in [1.807, 2.05) is 0 Å². The van der Waals surface area contributed by atoms with Crippen LogP contribution in [0.15, 0.2) is 0 Å². The molecule has 1 aliphatic heterocycles. The Bertz CT molecular complexity index is 289. The fraction of sp³-hybridized carbons (Fsp3) is 0.938. The first-order chi connectivity index (χ1) is 9.15. The van der Waals surface area contributed by atoms with Gasteiger partial charge in [0.15, 0.2) is 5.78 Å². The minimum atomic E-state index is -0.124. The fourth-order valence-electron chi connectivity index (χ4n) is 3.63. The highest BCUT2D eigenvalue weighted by Crippen LogP contribution is 2.37. The summed E-state index contributed by atoms with van der Waals surface area (Å²) in [5.74, 6) is 1.21. The minimum absolute atomic E-state index is 0.124. The van der Waals surface area contributed by atoms with Gasteiger partial charge in [0.2, 0.25) is 0 Å². The molecule has 0 aromatic carbocycles. The molecule has 110 valence electrons. The zero-order valence-electron chi connectivity index (χ0n) is 12.6. The topological polar surface area (TPSA) is 29.5 Å².